The van der Waals surface area contributed by atoms with Crippen molar-refractivity contribution in [3.63, 3.8) is 0 Å². The van der Waals surface area contributed by atoms with Crippen LogP contribution in [0.3, 0.4) is 0 Å². The van der Waals surface area contributed by atoms with E-state index in [2.05, 4.69) is 5.32 Å². The Labute approximate surface area is 88.5 Å². The molecule has 1 saturated carbocycles. The summed E-state index contributed by atoms with van der Waals surface area (Å²) in [6.45, 7) is 0.757. The third-order valence-electron chi connectivity index (χ3n) is 2.98. The third kappa shape index (κ3) is 2.34. The molecular formula is C12H15F2N. The van der Waals surface area contributed by atoms with E-state index < -0.39 is 11.6 Å². The maximum atomic E-state index is 13.5. The van der Waals surface area contributed by atoms with Gasteiger partial charge in [0.15, 0.2) is 0 Å². The molecule has 1 aromatic rings. The molecule has 1 nitrogen and oxygen atoms in total. The first kappa shape index (κ1) is 10.6. The molecular weight excluding hydrogens is 196 g/mol. The van der Waals surface area contributed by atoms with Gasteiger partial charge in [0.2, 0.25) is 0 Å². The number of rotatable bonds is 4. The number of halogens is 2. The van der Waals surface area contributed by atoms with Crippen molar-refractivity contribution in [2.24, 2.45) is 5.92 Å². The zero-order chi connectivity index (χ0) is 10.8. The SMILES string of the molecule is CNCC(c1ccc(F)cc1F)C1CC1. The standard InChI is InChI=1S/C12H15F2N/c1-15-7-11(8-2-3-8)10-5-4-9(13)6-12(10)14/h4-6,8,11,15H,2-3,7H2,1H3. The lowest BCUT2D eigenvalue weighted by atomic mass is 9.93. The molecule has 0 saturated heterocycles. The van der Waals surface area contributed by atoms with Crippen LogP contribution in [0.1, 0.15) is 24.3 Å². The largest absolute Gasteiger partial charge is 0.319 e. The van der Waals surface area contributed by atoms with Crippen molar-refractivity contribution in [3.8, 4) is 0 Å². The smallest absolute Gasteiger partial charge is 0.129 e. The van der Waals surface area contributed by atoms with E-state index in [0.29, 0.717) is 11.5 Å². The van der Waals surface area contributed by atoms with Crippen molar-refractivity contribution in [1.82, 2.24) is 5.32 Å². The Bertz CT molecular complexity index is 347. The van der Waals surface area contributed by atoms with Gasteiger partial charge >= 0.3 is 0 Å². The Morgan fingerprint density at radius 3 is 2.67 bits per heavy atom. The van der Waals surface area contributed by atoms with Crippen LogP contribution < -0.4 is 5.32 Å². The molecule has 15 heavy (non-hydrogen) atoms. The first-order chi connectivity index (χ1) is 7.22. The van der Waals surface area contributed by atoms with Gasteiger partial charge in [-0.3, -0.25) is 0 Å². The topological polar surface area (TPSA) is 12.0 Å². The second-order valence-electron chi connectivity index (χ2n) is 4.17. The van der Waals surface area contributed by atoms with Gasteiger partial charge in [-0.15, -0.1) is 0 Å². The van der Waals surface area contributed by atoms with E-state index in [1.807, 2.05) is 7.05 Å². The summed E-state index contributed by atoms with van der Waals surface area (Å²) >= 11 is 0. The fourth-order valence-electron chi connectivity index (χ4n) is 2.05. The molecule has 3 heteroatoms. The van der Waals surface area contributed by atoms with Crippen LogP contribution in [0.2, 0.25) is 0 Å². The molecule has 1 N–H and O–H groups in total. The summed E-state index contributed by atoms with van der Waals surface area (Å²) in [5.74, 6) is -0.162. The molecule has 0 spiro atoms. The molecule has 1 atom stereocenters. The highest BCUT2D eigenvalue weighted by Crippen LogP contribution is 2.42. The van der Waals surface area contributed by atoms with Gasteiger partial charge in [-0.2, -0.15) is 0 Å². The van der Waals surface area contributed by atoms with Crippen molar-refractivity contribution in [2.75, 3.05) is 13.6 Å². The van der Waals surface area contributed by atoms with Crippen molar-refractivity contribution in [2.45, 2.75) is 18.8 Å². The molecule has 0 aliphatic heterocycles. The van der Waals surface area contributed by atoms with Crippen LogP contribution in [0.15, 0.2) is 18.2 Å². The Kier molecular flexibility index (Phi) is 3.00. The maximum Gasteiger partial charge on any atom is 0.129 e. The quantitative estimate of drug-likeness (QED) is 0.807. The predicted molar refractivity (Wildman–Crippen MR) is 55.7 cm³/mol. The van der Waals surface area contributed by atoms with Crippen molar-refractivity contribution >= 4 is 0 Å². The molecule has 0 radical (unpaired) electrons. The molecule has 1 aromatic carbocycles. The molecule has 1 fully saturated rings. The highest BCUT2D eigenvalue weighted by molar-refractivity contribution is 5.25. The van der Waals surface area contributed by atoms with Gasteiger partial charge in [0, 0.05) is 18.5 Å². The monoisotopic (exact) mass is 211 g/mol. The van der Waals surface area contributed by atoms with Gasteiger partial charge < -0.3 is 5.32 Å². The molecule has 1 unspecified atom stereocenters. The van der Waals surface area contributed by atoms with E-state index >= 15 is 0 Å². The first-order valence-corrected chi connectivity index (χ1v) is 5.32. The molecule has 0 aromatic heterocycles. The van der Waals surface area contributed by atoms with E-state index in [1.165, 1.54) is 6.07 Å². The summed E-state index contributed by atoms with van der Waals surface area (Å²) in [7, 11) is 1.86. The van der Waals surface area contributed by atoms with Gasteiger partial charge in [0.05, 0.1) is 0 Å². The maximum absolute atomic E-state index is 13.5. The normalized spacial score (nSPS) is 17.8. The average molecular weight is 211 g/mol. The predicted octanol–water partition coefficient (Wildman–Crippen LogP) is 2.68. The van der Waals surface area contributed by atoms with Gasteiger partial charge in [0.25, 0.3) is 0 Å². The summed E-state index contributed by atoms with van der Waals surface area (Å²) in [5.41, 5.74) is 0.647. The summed E-state index contributed by atoms with van der Waals surface area (Å²) in [4.78, 5) is 0. The first-order valence-electron chi connectivity index (χ1n) is 5.32. The zero-order valence-electron chi connectivity index (χ0n) is 8.76. The highest BCUT2D eigenvalue weighted by Gasteiger charge is 2.33. The lowest BCUT2D eigenvalue weighted by molar-refractivity contribution is 0.513. The van der Waals surface area contributed by atoms with E-state index in [9.17, 15) is 8.78 Å². The second kappa shape index (κ2) is 4.27. The van der Waals surface area contributed by atoms with Crippen LogP contribution >= 0.6 is 0 Å². The Hall–Kier alpha value is -0.960. The summed E-state index contributed by atoms with van der Waals surface area (Å²) < 4.78 is 26.3. The van der Waals surface area contributed by atoms with E-state index in [0.717, 1.165) is 25.5 Å². The van der Waals surface area contributed by atoms with Gasteiger partial charge in [-0.05, 0) is 37.4 Å². The van der Waals surface area contributed by atoms with Gasteiger partial charge in [-0.1, -0.05) is 6.07 Å². The van der Waals surface area contributed by atoms with Gasteiger partial charge in [0.1, 0.15) is 11.6 Å². The van der Waals surface area contributed by atoms with E-state index in [-0.39, 0.29) is 5.92 Å². The molecule has 0 bridgehead atoms. The molecule has 1 aliphatic carbocycles. The number of hydrogen-bond acceptors (Lipinski definition) is 1. The number of hydrogen-bond donors (Lipinski definition) is 1. The fourth-order valence-corrected chi connectivity index (χ4v) is 2.05. The van der Waals surface area contributed by atoms with Crippen molar-refractivity contribution in [3.05, 3.63) is 35.4 Å². The Balaban J connectivity index is 2.24. The summed E-state index contributed by atoms with van der Waals surface area (Å²) in [6, 6.07) is 3.88. The molecule has 2 rings (SSSR count). The van der Waals surface area contributed by atoms with Crippen molar-refractivity contribution < 1.29 is 8.78 Å². The lowest BCUT2D eigenvalue weighted by Crippen LogP contribution is -2.19. The van der Waals surface area contributed by atoms with Crippen LogP contribution in [-0.2, 0) is 0 Å². The summed E-state index contributed by atoms with van der Waals surface area (Å²) in [6.07, 6.45) is 2.31. The van der Waals surface area contributed by atoms with Crippen molar-refractivity contribution in [1.29, 1.82) is 0 Å². The number of nitrogens with one attached hydrogen (secondary N) is 1. The second-order valence-corrected chi connectivity index (χ2v) is 4.17. The van der Waals surface area contributed by atoms with E-state index in [4.69, 9.17) is 0 Å². The minimum absolute atomic E-state index is 0.190. The minimum atomic E-state index is -0.504. The lowest BCUT2D eigenvalue weighted by Gasteiger charge is -2.16. The average Bonchev–Trinajstić information content (AvgIpc) is 2.98. The van der Waals surface area contributed by atoms with Crippen LogP contribution in [0, 0.1) is 17.6 Å². The van der Waals surface area contributed by atoms with Crippen LogP contribution in [0.4, 0.5) is 8.78 Å². The molecule has 1 aliphatic rings. The number of likely N-dealkylation sites (N-methyl/N-ethyl adjacent to an activating group) is 1. The Morgan fingerprint density at radius 2 is 2.13 bits per heavy atom. The molecule has 0 amide bonds. The van der Waals surface area contributed by atoms with Crippen LogP contribution in [0.5, 0.6) is 0 Å². The minimum Gasteiger partial charge on any atom is -0.319 e. The molecule has 0 heterocycles. The molecule has 82 valence electrons. The van der Waals surface area contributed by atoms with Crippen LogP contribution in [-0.4, -0.2) is 13.6 Å². The van der Waals surface area contributed by atoms with Gasteiger partial charge in [-0.25, -0.2) is 8.78 Å². The highest BCUT2D eigenvalue weighted by atomic mass is 19.1. The van der Waals surface area contributed by atoms with E-state index in [1.54, 1.807) is 6.07 Å². The zero-order valence-corrected chi connectivity index (χ0v) is 8.76. The Morgan fingerprint density at radius 1 is 1.40 bits per heavy atom. The summed E-state index contributed by atoms with van der Waals surface area (Å²) in [5, 5.41) is 3.07. The number of benzene rings is 1. The third-order valence-corrected chi connectivity index (χ3v) is 2.98. The fraction of sp³-hybridized carbons (Fsp3) is 0.500. The van der Waals surface area contributed by atoms with Crippen LogP contribution in [0.25, 0.3) is 0 Å².